The van der Waals surface area contributed by atoms with E-state index in [-0.39, 0.29) is 22.7 Å². The Morgan fingerprint density at radius 2 is 1.72 bits per heavy atom. The Balaban J connectivity index is 1.58. The third-order valence-electron chi connectivity index (χ3n) is 6.08. The normalized spacial score (nSPS) is 13.1. The molecule has 2 N–H and O–H groups in total. The number of nitrogens with zero attached hydrogens (tertiary/aromatic N) is 2. The number of aliphatic hydroxyl groups excluding tert-OH is 1. The van der Waals surface area contributed by atoms with Crippen molar-refractivity contribution in [3.05, 3.63) is 124 Å². The van der Waals surface area contributed by atoms with Crippen molar-refractivity contribution in [2.45, 2.75) is 22.9 Å². The van der Waals surface area contributed by atoms with Crippen LogP contribution in [0.2, 0.25) is 5.02 Å². The average molecular weight is 572 g/mol. The van der Waals surface area contributed by atoms with Crippen LogP contribution in [0.25, 0.3) is 0 Å². The minimum atomic E-state index is -4.26. The van der Waals surface area contributed by atoms with Gasteiger partial charge in [0.25, 0.3) is 0 Å². The second-order valence-electron chi connectivity index (χ2n) is 8.73. The first-order chi connectivity index (χ1) is 18.6. The van der Waals surface area contributed by atoms with E-state index in [0.717, 1.165) is 18.2 Å². The number of hydrogen-bond acceptors (Lipinski definition) is 6. The van der Waals surface area contributed by atoms with Gasteiger partial charge in [0.1, 0.15) is 23.1 Å². The Morgan fingerprint density at radius 1 is 1.03 bits per heavy atom. The average Bonchev–Trinajstić information content (AvgIpc) is 2.94. The van der Waals surface area contributed by atoms with Crippen molar-refractivity contribution in [2.24, 2.45) is 0 Å². The van der Waals surface area contributed by atoms with Gasteiger partial charge in [-0.3, -0.25) is 15.1 Å². The smallest absolute Gasteiger partial charge is 0.213 e. The molecule has 0 fully saturated rings. The molecular weight excluding hydrogens is 548 g/mol. The minimum Gasteiger partial charge on any atom is -0.374 e. The second kappa shape index (κ2) is 12.0. The minimum absolute atomic E-state index is 0.00589. The molecule has 3 aromatic carbocycles. The standard InChI is InChI=1S/C28H24ClF2N3O4S/c1-34(17-35)22-8-3-19(4-9-22)28(36)33-16-18-2-13-26(32-15-18)27(24-14-21(30)7-12-25(24)31)39(37,38)23-10-5-20(29)6-11-23/h2-15,17,27-28,33,36H,16H2,1H3. The topological polar surface area (TPSA) is 99.6 Å². The van der Waals surface area contributed by atoms with Crippen molar-refractivity contribution < 1.29 is 27.1 Å². The summed E-state index contributed by atoms with van der Waals surface area (Å²) in [6, 6.07) is 17.8. The fourth-order valence-corrected chi connectivity index (χ4v) is 5.83. The molecule has 1 heterocycles. The molecule has 0 bridgehead atoms. The summed E-state index contributed by atoms with van der Waals surface area (Å²) in [6.45, 7) is 0.174. The highest BCUT2D eigenvalue weighted by Gasteiger charge is 2.34. The predicted molar refractivity (Wildman–Crippen MR) is 144 cm³/mol. The maximum atomic E-state index is 14.8. The highest BCUT2D eigenvalue weighted by Crippen LogP contribution is 2.36. The van der Waals surface area contributed by atoms with E-state index >= 15 is 0 Å². The van der Waals surface area contributed by atoms with Gasteiger partial charge in [-0.25, -0.2) is 17.2 Å². The molecule has 0 radical (unpaired) electrons. The lowest BCUT2D eigenvalue weighted by Gasteiger charge is -2.19. The van der Waals surface area contributed by atoms with Crippen molar-refractivity contribution in [3.8, 4) is 0 Å². The number of sulfone groups is 1. The van der Waals surface area contributed by atoms with Crippen molar-refractivity contribution in [2.75, 3.05) is 11.9 Å². The molecule has 0 spiro atoms. The van der Waals surface area contributed by atoms with Crippen LogP contribution in [-0.4, -0.2) is 32.0 Å². The highest BCUT2D eigenvalue weighted by atomic mass is 35.5. The van der Waals surface area contributed by atoms with Gasteiger partial charge in [-0.05, 0) is 71.8 Å². The quantitative estimate of drug-likeness (QED) is 0.206. The number of amides is 1. The molecule has 2 atom stereocenters. The van der Waals surface area contributed by atoms with E-state index in [1.54, 1.807) is 37.4 Å². The Hall–Kier alpha value is -3.70. The molecule has 39 heavy (non-hydrogen) atoms. The third-order valence-corrected chi connectivity index (χ3v) is 8.38. The molecule has 0 aliphatic carbocycles. The van der Waals surface area contributed by atoms with Gasteiger partial charge >= 0.3 is 0 Å². The number of rotatable bonds is 10. The number of carbonyl (C=O) groups is 1. The maximum Gasteiger partial charge on any atom is 0.213 e. The lowest BCUT2D eigenvalue weighted by Crippen LogP contribution is -2.21. The molecule has 1 amide bonds. The van der Waals surface area contributed by atoms with Crippen molar-refractivity contribution in [3.63, 3.8) is 0 Å². The zero-order chi connectivity index (χ0) is 28.2. The van der Waals surface area contributed by atoms with Crippen LogP contribution in [-0.2, 0) is 21.2 Å². The summed E-state index contributed by atoms with van der Waals surface area (Å²) in [5, 5.41) is 12.1. The number of carbonyl (C=O) groups excluding carboxylic acids is 1. The summed E-state index contributed by atoms with van der Waals surface area (Å²) in [7, 11) is -2.65. The zero-order valence-electron chi connectivity index (χ0n) is 20.6. The molecule has 202 valence electrons. The van der Waals surface area contributed by atoms with E-state index in [4.69, 9.17) is 11.6 Å². The molecule has 11 heteroatoms. The van der Waals surface area contributed by atoms with Gasteiger partial charge in [-0.2, -0.15) is 0 Å². The lowest BCUT2D eigenvalue weighted by atomic mass is 10.1. The number of aliphatic hydroxyl groups is 1. The van der Waals surface area contributed by atoms with E-state index in [0.29, 0.717) is 28.2 Å². The first-order valence-electron chi connectivity index (χ1n) is 11.7. The SMILES string of the molecule is CN(C=O)c1ccc(C(O)NCc2ccc(C(c3cc(F)ccc3F)S(=O)(=O)c3ccc(Cl)cc3)nc2)cc1. The van der Waals surface area contributed by atoms with Gasteiger partial charge in [-0.15, -0.1) is 0 Å². The van der Waals surface area contributed by atoms with Crippen LogP contribution < -0.4 is 10.2 Å². The van der Waals surface area contributed by atoms with Crippen molar-refractivity contribution in [1.29, 1.82) is 0 Å². The van der Waals surface area contributed by atoms with E-state index in [2.05, 4.69) is 10.3 Å². The number of pyridine rings is 1. The molecule has 1 aromatic heterocycles. The fraction of sp³-hybridized carbons (Fsp3) is 0.143. The first-order valence-corrected chi connectivity index (χ1v) is 13.6. The summed E-state index contributed by atoms with van der Waals surface area (Å²) in [5.74, 6) is -1.68. The maximum absolute atomic E-state index is 14.8. The molecular formula is C28H24ClF2N3O4S. The second-order valence-corrected chi connectivity index (χ2v) is 11.2. The van der Waals surface area contributed by atoms with E-state index in [1.807, 2.05) is 0 Å². The van der Waals surface area contributed by atoms with Gasteiger partial charge in [0.15, 0.2) is 9.84 Å². The van der Waals surface area contributed by atoms with Crippen LogP contribution in [0.3, 0.4) is 0 Å². The zero-order valence-corrected chi connectivity index (χ0v) is 22.2. The van der Waals surface area contributed by atoms with Gasteiger partial charge in [0.05, 0.1) is 10.6 Å². The summed E-state index contributed by atoms with van der Waals surface area (Å²) >= 11 is 5.90. The Morgan fingerprint density at radius 3 is 2.33 bits per heavy atom. The van der Waals surface area contributed by atoms with Gasteiger partial charge in [0.2, 0.25) is 6.41 Å². The summed E-state index contributed by atoms with van der Waals surface area (Å²) < 4.78 is 56.1. The van der Waals surface area contributed by atoms with E-state index < -0.39 is 32.9 Å². The number of benzene rings is 3. The van der Waals surface area contributed by atoms with E-state index in [9.17, 15) is 27.1 Å². The molecule has 2 unspecified atom stereocenters. The van der Waals surface area contributed by atoms with E-state index in [1.165, 1.54) is 41.4 Å². The first kappa shape index (κ1) is 28.3. The Bertz CT molecular complexity index is 1550. The molecule has 0 aliphatic heterocycles. The van der Waals surface area contributed by atoms with Crippen LogP contribution in [0.15, 0.2) is 90.0 Å². The highest BCUT2D eigenvalue weighted by molar-refractivity contribution is 7.91. The van der Waals surface area contributed by atoms with Crippen molar-refractivity contribution in [1.82, 2.24) is 10.3 Å². The molecule has 7 nitrogen and oxygen atoms in total. The Labute approximate surface area is 229 Å². The van der Waals surface area contributed by atoms with Gasteiger partial charge < -0.3 is 10.0 Å². The monoisotopic (exact) mass is 571 g/mol. The molecule has 4 rings (SSSR count). The molecule has 0 saturated carbocycles. The summed E-state index contributed by atoms with van der Waals surface area (Å²) in [5.41, 5.74) is 1.46. The molecule has 0 saturated heterocycles. The van der Waals surface area contributed by atoms with Crippen LogP contribution in [0, 0.1) is 11.6 Å². The van der Waals surface area contributed by atoms with Crippen LogP contribution >= 0.6 is 11.6 Å². The van der Waals surface area contributed by atoms with Crippen LogP contribution in [0.4, 0.5) is 14.5 Å². The van der Waals surface area contributed by atoms with Gasteiger partial charge in [0, 0.05) is 36.1 Å². The number of anilines is 1. The summed E-state index contributed by atoms with van der Waals surface area (Å²) in [6.07, 6.45) is 1.05. The number of hydrogen-bond donors (Lipinski definition) is 2. The number of aromatic nitrogens is 1. The third kappa shape index (κ3) is 6.48. The van der Waals surface area contributed by atoms with Crippen LogP contribution in [0.5, 0.6) is 0 Å². The number of nitrogens with one attached hydrogen (secondary N) is 1. The molecule has 4 aromatic rings. The Kier molecular flexibility index (Phi) is 8.71. The largest absolute Gasteiger partial charge is 0.374 e. The van der Waals surface area contributed by atoms with Gasteiger partial charge in [-0.1, -0.05) is 29.8 Å². The number of halogens is 3. The lowest BCUT2D eigenvalue weighted by molar-refractivity contribution is -0.107. The summed E-state index contributed by atoms with van der Waals surface area (Å²) in [4.78, 5) is 16.4. The fourth-order valence-electron chi connectivity index (χ4n) is 3.94. The predicted octanol–water partition coefficient (Wildman–Crippen LogP) is 4.95. The molecule has 0 aliphatic rings. The van der Waals surface area contributed by atoms with Crippen molar-refractivity contribution >= 4 is 33.5 Å². The van der Waals surface area contributed by atoms with Crippen LogP contribution in [0.1, 0.15) is 33.9 Å².